The Labute approximate surface area is 148 Å². The van der Waals surface area contributed by atoms with E-state index in [9.17, 15) is 9.90 Å². The van der Waals surface area contributed by atoms with E-state index >= 15 is 0 Å². The van der Waals surface area contributed by atoms with Crippen molar-refractivity contribution in [3.05, 3.63) is 47.8 Å². The van der Waals surface area contributed by atoms with E-state index in [1.807, 2.05) is 43.3 Å². The summed E-state index contributed by atoms with van der Waals surface area (Å²) in [5, 5.41) is 16.7. The fourth-order valence-electron chi connectivity index (χ4n) is 2.77. The van der Waals surface area contributed by atoms with Gasteiger partial charge in [-0.25, -0.2) is 4.68 Å². The first-order valence-electron chi connectivity index (χ1n) is 8.48. The van der Waals surface area contributed by atoms with Gasteiger partial charge in [0.1, 0.15) is 0 Å². The number of aliphatic hydroxyl groups excluding tert-OH is 1. The van der Waals surface area contributed by atoms with Crippen molar-refractivity contribution < 1.29 is 14.6 Å². The monoisotopic (exact) mass is 345 g/mol. The number of rotatable bonds is 8. The van der Waals surface area contributed by atoms with Crippen LogP contribution in [-0.2, 0) is 4.74 Å². The molecule has 1 heterocycles. The van der Waals surface area contributed by atoms with Crippen LogP contribution in [0.5, 0.6) is 0 Å². The van der Waals surface area contributed by atoms with Crippen LogP contribution >= 0.6 is 0 Å². The SMILES string of the molecule is COCC(C)(CCO)NC(=O)c1cc(C(C)C)n(-c2ccccc2)n1. The van der Waals surface area contributed by atoms with Crippen molar-refractivity contribution in [1.82, 2.24) is 15.1 Å². The molecule has 6 nitrogen and oxygen atoms in total. The van der Waals surface area contributed by atoms with Crippen molar-refractivity contribution in [2.45, 2.75) is 38.6 Å². The Bertz CT molecular complexity index is 689. The van der Waals surface area contributed by atoms with Gasteiger partial charge >= 0.3 is 0 Å². The van der Waals surface area contributed by atoms with Crippen molar-refractivity contribution in [3.8, 4) is 5.69 Å². The summed E-state index contributed by atoms with van der Waals surface area (Å²) in [5.41, 5.74) is 1.59. The highest BCUT2D eigenvalue weighted by Gasteiger charge is 2.28. The average Bonchev–Trinajstić information content (AvgIpc) is 3.01. The van der Waals surface area contributed by atoms with E-state index in [2.05, 4.69) is 24.3 Å². The first-order valence-corrected chi connectivity index (χ1v) is 8.48. The lowest BCUT2D eigenvalue weighted by molar-refractivity contribution is 0.0721. The summed E-state index contributed by atoms with van der Waals surface area (Å²) in [4.78, 5) is 12.7. The Hall–Kier alpha value is -2.18. The maximum Gasteiger partial charge on any atom is 0.272 e. The number of hydrogen-bond acceptors (Lipinski definition) is 4. The fraction of sp³-hybridized carbons (Fsp3) is 0.474. The van der Waals surface area contributed by atoms with Gasteiger partial charge in [0.05, 0.1) is 17.8 Å². The smallest absolute Gasteiger partial charge is 0.272 e. The Morgan fingerprint density at radius 1 is 1.36 bits per heavy atom. The van der Waals surface area contributed by atoms with Crippen LogP contribution in [0, 0.1) is 0 Å². The van der Waals surface area contributed by atoms with Gasteiger partial charge in [0, 0.05) is 19.4 Å². The van der Waals surface area contributed by atoms with Gasteiger partial charge in [-0.3, -0.25) is 4.79 Å². The fourth-order valence-corrected chi connectivity index (χ4v) is 2.77. The summed E-state index contributed by atoms with van der Waals surface area (Å²) in [6.07, 6.45) is 0.406. The average molecular weight is 345 g/mol. The predicted octanol–water partition coefficient (Wildman–Crippen LogP) is 2.51. The molecule has 2 rings (SSSR count). The summed E-state index contributed by atoms with van der Waals surface area (Å²) in [6, 6.07) is 11.6. The molecule has 1 aromatic carbocycles. The summed E-state index contributed by atoms with van der Waals surface area (Å²) in [5.74, 6) is -0.0540. The largest absolute Gasteiger partial charge is 0.396 e. The minimum Gasteiger partial charge on any atom is -0.396 e. The van der Waals surface area contributed by atoms with E-state index in [1.54, 1.807) is 11.8 Å². The van der Waals surface area contributed by atoms with Crippen LogP contribution in [0.25, 0.3) is 5.69 Å². The molecule has 0 saturated heterocycles. The van der Waals surface area contributed by atoms with Crippen LogP contribution in [0.2, 0.25) is 0 Å². The summed E-state index contributed by atoms with van der Waals surface area (Å²) in [6.45, 7) is 6.27. The van der Waals surface area contributed by atoms with E-state index in [-0.39, 0.29) is 18.4 Å². The van der Waals surface area contributed by atoms with Crippen LogP contribution in [0.15, 0.2) is 36.4 Å². The van der Waals surface area contributed by atoms with Crippen LogP contribution in [-0.4, -0.2) is 46.7 Å². The number of aliphatic hydroxyl groups is 1. The van der Waals surface area contributed by atoms with E-state index < -0.39 is 5.54 Å². The van der Waals surface area contributed by atoms with Crippen LogP contribution in [0.3, 0.4) is 0 Å². The second-order valence-electron chi connectivity index (χ2n) is 6.78. The molecule has 25 heavy (non-hydrogen) atoms. The number of carbonyl (C=O) groups excluding carboxylic acids is 1. The highest BCUT2D eigenvalue weighted by atomic mass is 16.5. The van der Waals surface area contributed by atoms with Gasteiger partial charge in [0.25, 0.3) is 5.91 Å². The Morgan fingerprint density at radius 3 is 2.60 bits per heavy atom. The number of aromatic nitrogens is 2. The molecule has 6 heteroatoms. The van der Waals surface area contributed by atoms with Gasteiger partial charge in [-0.1, -0.05) is 32.0 Å². The van der Waals surface area contributed by atoms with Gasteiger partial charge < -0.3 is 15.2 Å². The first-order chi connectivity index (χ1) is 11.9. The number of para-hydroxylation sites is 1. The Balaban J connectivity index is 2.32. The quantitative estimate of drug-likeness (QED) is 0.771. The van der Waals surface area contributed by atoms with Gasteiger partial charge in [-0.2, -0.15) is 5.10 Å². The van der Waals surface area contributed by atoms with Crippen molar-refractivity contribution in [1.29, 1.82) is 0 Å². The molecule has 1 atom stereocenters. The van der Waals surface area contributed by atoms with E-state index in [4.69, 9.17) is 4.74 Å². The molecule has 2 N–H and O–H groups in total. The molecule has 0 radical (unpaired) electrons. The van der Waals surface area contributed by atoms with Crippen LogP contribution in [0.4, 0.5) is 0 Å². The van der Waals surface area contributed by atoms with Crippen LogP contribution < -0.4 is 5.32 Å². The molecule has 0 aliphatic carbocycles. The second kappa shape index (κ2) is 8.27. The zero-order chi connectivity index (χ0) is 18.4. The van der Waals surface area contributed by atoms with Crippen molar-refractivity contribution in [2.75, 3.05) is 20.3 Å². The molecule has 0 aliphatic rings. The lowest BCUT2D eigenvalue weighted by Crippen LogP contribution is -2.50. The number of benzene rings is 1. The molecule has 0 fully saturated rings. The normalized spacial score (nSPS) is 13.7. The minimum absolute atomic E-state index is 0.0319. The maximum absolute atomic E-state index is 12.7. The molecule has 136 valence electrons. The molecular weight excluding hydrogens is 318 g/mol. The number of hydrogen-bond donors (Lipinski definition) is 2. The number of ether oxygens (including phenoxy) is 1. The molecule has 1 amide bonds. The van der Waals surface area contributed by atoms with Gasteiger partial charge in [-0.05, 0) is 37.5 Å². The molecule has 0 spiro atoms. The maximum atomic E-state index is 12.7. The Morgan fingerprint density at radius 2 is 2.04 bits per heavy atom. The summed E-state index contributed by atoms with van der Waals surface area (Å²) < 4.78 is 6.99. The van der Waals surface area contributed by atoms with E-state index in [0.29, 0.717) is 18.7 Å². The number of nitrogens with one attached hydrogen (secondary N) is 1. The number of amides is 1. The third-order valence-electron chi connectivity index (χ3n) is 4.10. The van der Waals surface area contributed by atoms with Crippen molar-refractivity contribution >= 4 is 5.91 Å². The highest BCUT2D eigenvalue weighted by Crippen LogP contribution is 2.21. The van der Waals surface area contributed by atoms with Crippen molar-refractivity contribution in [2.24, 2.45) is 0 Å². The van der Waals surface area contributed by atoms with Gasteiger partial charge in [0.15, 0.2) is 5.69 Å². The molecule has 2 aromatic rings. The topological polar surface area (TPSA) is 76.4 Å². The van der Waals surface area contributed by atoms with Gasteiger partial charge in [0.2, 0.25) is 0 Å². The van der Waals surface area contributed by atoms with Gasteiger partial charge in [-0.15, -0.1) is 0 Å². The summed E-state index contributed by atoms with van der Waals surface area (Å²) >= 11 is 0. The zero-order valence-corrected chi connectivity index (χ0v) is 15.3. The molecule has 1 aromatic heterocycles. The number of carbonyl (C=O) groups is 1. The van der Waals surface area contributed by atoms with Crippen LogP contribution in [0.1, 0.15) is 49.3 Å². The molecule has 1 unspecified atom stereocenters. The third-order valence-corrected chi connectivity index (χ3v) is 4.10. The molecule has 0 bridgehead atoms. The molecule has 0 aliphatic heterocycles. The van der Waals surface area contributed by atoms with E-state index in [0.717, 1.165) is 11.4 Å². The third kappa shape index (κ3) is 4.67. The number of methoxy groups -OCH3 is 1. The van der Waals surface area contributed by atoms with Crippen molar-refractivity contribution in [3.63, 3.8) is 0 Å². The molecular formula is C19H27N3O3. The molecule has 0 saturated carbocycles. The minimum atomic E-state index is -0.644. The number of nitrogens with zero attached hydrogens (tertiary/aromatic N) is 2. The Kier molecular flexibility index (Phi) is 6.33. The first kappa shape index (κ1) is 19.1. The second-order valence-corrected chi connectivity index (χ2v) is 6.78. The van der Waals surface area contributed by atoms with E-state index in [1.165, 1.54) is 0 Å². The summed E-state index contributed by atoms with van der Waals surface area (Å²) in [7, 11) is 1.57. The standard InChI is InChI=1S/C19H27N3O3/c1-14(2)17-12-16(21-22(17)15-8-6-5-7-9-15)18(24)20-19(3,10-11-23)13-25-4/h5-9,12,14,23H,10-11,13H2,1-4H3,(H,20,24). The lowest BCUT2D eigenvalue weighted by atomic mass is 9.99. The zero-order valence-electron chi connectivity index (χ0n) is 15.3. The lowest BCUT2D eigenvalue weighted by Gasteiger charge is -2.29. The predicted molar refractivity (Wildman–Crippen MR) is 97.1 cm³/mol. The highest BCUT2D eigenvalue weighted by molar-refractivity contribution is 5.93.